The number of amides is 3. The molecule has 0 unspecified atom stereocenters. The van der Waals surface area contributed by atoms with Gasteiger partial charge in [0.1, 0.15) is 6.54 Å². The predicted octanol–water partition coefficient (Wildman–Crippen LogP) is 1.45. The van der Waals surface area contributed by atoms with Crippen molar-refractivity contribution >= 4 is 23.9 Å². The molecule has 0 fully saturated rings. The molecule has 1 heterocycles. The first-order chi connectivity index (χ1) is 12.7. The van der Waals surface area contributed by atoms with E-state index in [0.29, 0.717) is 17.0 Å². The van der Waals surface area contributed by atoms with Crippen LogP contribution in [0.1, 0.15) is 48.9 Å². The molecule has 1 aromatic rings. The third-order valence-corrected chi connectivity index (χ3v) is 3.96. The molecule has 0 aliphatic carbocycles. The number of hydrogen-bond donors (Lipinski definition) is 2. The summed E-state index contributed by atoms with van der Waals surface area (Å²) < 4.78 is 11.5. The second kappa shape index (κ2) is 10.3. The molecule has 2 N–H and O–H groups in total. The highest BCUT2D eigenvalue weighted by Crippen LogP contribution is 2.16. The van der Waals surface area contributed by atoms with E-state index in [1.54, 1.807) is 38.3 Å². The summed E-state index contributed by atoms with van der Waals surface area (Å²) >= 11 is 0. The van der Waals surface area contributed by atoms with Crippen LogP contribution in [0.2, 0.25) is 0 Å². The molecule has 9 nitrogen and oxygen atoms in total. The normalized spacial score (nSPS) is 11.4. The van der Waals surface area contributed by atoms with Crippen LogP contribution in [0.15, 0.2) is 6.07 Å². The Labute approximate surface area is 158 Å². The number of carbonyl (C=O) groups is 4. The summed E-state index contributed by atoms with van der Waals surface area (Å²) in [7, 11) is 0. The molecule has 0 saturated carbocycles. The van der Waals surface area contributed by atoms with Crippen molar-refractivity contribution in [2.24, 2.45) is 0 Å². The van der Waals surface area contributed by atoms with Gasteiger partial charge < -0.3 is 19.4 Å². The second-order valence-electron chi connectivity index (χ2n) is 6.08. The Kier molecular flexibility index (Phi) is 8.50. The maximum Gasteiger partial charge on any atom is 0.339 e. The molecule has 0 aromatic carbocycles. The summed E-state index contributed by atoms with van der Waals surface area (Å²) in [5, 5.41) is 4.65. The van der Waals surface area contributed by atoms with Crippen LogP contribution in [-0.2, 0) is 25.6 Å². The molecule has 0 aliphatic heterocycles. The van der Waals surface area contributed by atoms with E-state index in [-0.39, 0.29) is 19.2 Å². The van der Waals surface area contributed by atoms with Gasteiger partial charge in [-0.3, -0.25) is 14.9 Å². The molecule has 150 valence electrons. The number of carbonyl (C=O) groups excluding carboxylic acids is 4. The van der Waals surface area contributed by atoms with Crippen molar-refractivity contribution < 1.29 is 28.7 Å². The lowest BCUT2D eigenvalue weighted by Crippen LogP contribution is -2.44. The third kappa shape index (κ3) is 6.76. The number of aryl methyl sites for hydroxylation is 1. The van der Waals surface area contributed by atoms with Crippen LogP contribution in [0.3, 0.4) is 0 Å². The van der Waals surface area contributed by atoms with Gasteiger partial charge in [-0.2, -0.15) is 0 Å². The van der Waals surface area contributed by atoms with Crippen molar-refractivity contribution in [1.29, 1.82) is 0 Å². The number of hydrogen-bond acceptors (Lipinski definition) is 6. The topological polar surface area (TPSA) is 116 Å². The van der Waals surface area contributed by atoms with Crippen LogP contribution >= 0.6 is 0 Å². The van der Waals surface area contributed by atoms with E-state index in [4.69, 9.17) is 9.47 Å². The van der Waals surface area contributed by atoms with Crippen LogP contribution in [-0.4, -0.2) is 47.7 Å². The number of ether oxygens (including phenoxy) is 2. The van der Waals surface area contributed by atoms with E-state index in [1.807, 2.05) is 6.92 Å². The summed E-state index contributed by atoms with van der Waals surface area (Å²) in [5.74, 6) is -1.85. The number of imide groups is 1. The number of urea groups is 1. The maximum atomic E-state index is 12.0. The van der Waals surface area contributed by atoms with Gasteiger partial charge in [0.15, 0.2) is 6.61 Å². The zero-order valence-corrected chi connectivity index (χ0v) is 16.4. The Balaban J connectivity index is 2.57. The van der Waals surface area contributed by atoms with Crippen molar-refractivity contribution in [2.75, 3.05) is 13.2 Å². The van der Waals surface area contributed by atoms with E-state index in [0.717, 1.165) is 6.42 Å². The largest absolute Gasteiger partial charge is 0.462 e. The first kappa shape index (κ1) is 22.2. The summed E-state index contributed by atoms with van der Waals surface area (Å²) in [6.45, 7) is 8.37. The van der Waals surface area contributed by atoms with Crippen LogP contribution in [0.25, 0.3) is 0 Å². The number of nitrogens with zero attached hydrogens (tertiary/aromatic N) is 1. The summed E-state index contributed by atoms with van der Waals surface area (Å²) in [4.78, 5) is 47.1. The predicted molar refractivity (Wildman–Crippen MR) is 97.2 cm³/mol. The molecule has 1 atom stereocenters. The van der Waals surface area contributed by atoms with Crippen molar-refractivity contribution in [3.8, 4) is 0 Å². The molecule has 3 amide bonds. The van der Waals surface area contributed by atoms with E-state index >= 15 is 0 Å². The maximum absolute atomic E-state index is 12.0. The molecule has 0 spiro atoms. The quantitative estimate of drug-likeness (QED) is 0.659. The molecule has 27 heavy (non-hydrogen) atoms. The Morgan fingerprint density at radius 2 is 1.81 bits per heavy atom. The number of nitrogens with one attached hydrogen (secondary N) is 2. The first-order valence-corrected chi connectivity index (χ1v) is 8.79. The Morgan fingerprint density at radius 1 is 1.15 bits per heavy atom. The average molecular weight is 381 g/mol. The van der Waals surface area contributed by atoms with Crippen LogP contribution in [0.4, 0.5) is 4.79 Å². The molecular formula is C18H27N3O6. The van der Waals surface area contributed by atoms with Gasteiger partial charge in [-0.25, -0.2) is 9.59 Å². The van der Waals surface area contributed by atoms with E-state index in [2.05, 4.69) is 10.6 Å². The van der Waals surface area contributed by atoms with Crippen LogP contribution in [0, 0.1) is 13.8 Å². The van der Waals surface area contributed by atoms with Crippen molar-refractivity contribution in [3.63, 3.8) is 0 Å². The average Bonchev–Trinajstić information content (AvgIpc) is 2.88. The minimum atomic E-state index is -0.725. The Bertz CT molecular complexity index is 710. The fourth-order valence-corrected chi connectivity index (χ4v) is 2.31. The van der Waals surface area contributed by atoms with Gasteiger partial charge >= 0.3 is 18.0 Å². The monoisotopic (exact) mass is 381 g/mol. The van der Waals surface area contributed by atoms with E-state index in [9.17, 15) is 19.2 Å². The molecule has 0 bridgehead atoms. The minimum absolute atomic E-state index is 0.0753. The van der Waals surface area contributed by atoms with Crippen molar-refractivity contribution in [2.45, 2.75) is 53.6 Å². The van der Waals surface area contributed by atoms with Gasteiger partial charge in [0, 0.05) is 17.4 Å². The summed E-state index contributed by atoms with van der Waals surface area (Å²) in [6, 6.07) is 0.919. The van der Waals surface area contributed by atoms with E-state index < -0.39 is 30.5 Å². The number of aromatic nitrogens is 1. The van der Waals surface area contributed by atoms with Gasteiger partial charge in [0.25, 0.3) is 5.91 Å². The highest BCUT2D eigenvalue weighted by Gasteiger charge is 2.19. The highest BCUT2D eigenvalue weighted by atomic mass is 16.5. The standard InChI is InChI=1S/C18H27N3O6/c1-6-11(3)19-18(25)20-15(22)10-27-16(23)9-21-12(4)8-14(13(21)5)17(24)26-7-2/h8,11H,6-7,9-10H2,1-5H3,(H2,19,20,22,25)/t11-/m0/s1. The third-order valence-electron chi connectivity index (χ3n) is 3.96. The van der Waals surface area contributed by atoms with Gasteiger partial charge in [-0.15, -0.1) is 0 Å². The number of esters is 2. The van der Waals surface area contributed by atoms with Crippen LogP contribution in [0.5, 0.6) is 0 Å². The SMILES string of the molecule is CCOC(=O)c1cc(C)n(CC(=O)OCC(=O)NC(=O)N[C@@H](C)CC)c1C. The molecule has 0 radical (unpaired) electrons. The minimum Gasteiger partial charge on any atom is -0.462 e. The zero-order chi connectivity index (χ0) is 20.6. The lowest BCUT2D eigenvalue weighted by atomic mass is 10.2. The molecule has 0 aliphatic rings. The van der Waals surface area contributed by atoms with Crippen molar-refractivity contribution in [3.05, 3.63) is 23.0 Å². The Morgan fingerprint density at radius 3 is 2.41 bits per heavy atom. The lowest BCUT2D eigenvalue weighted by Gasteiger charge is -2.12. The van der Waals surface area contributed by atoms with Crippen molar-refractivity contribution in [1.82, 2.24) is 15.2 Å². The summed E-state index contributed by atoms with van der Waals surface area (Å²) in [5.41, 5.74) is 1.63. The fourth-order valence-electron chi connectivity index (χ4n) is 2.31. The second-order valence-corrected chi connectivity index (χ2v) is 6.08. The van der Waals surface area contributed by atoms with Crippen LogP contribution < -0.4 is 10.6 Å². The fraction of sp³-hybridized carbons (Fsp3) is 0.556. The smallest absolute Gasteiger partial charge is 0.339 e. The highest BCUT2D eigenvalue weighted by molar-refractivity contribution is 5.95. The van der Waals surface area contributed by atoms with Gasteiger partial charge in [-0.1, -0.05) is 6.92 Å². The molecule has 9 heteroatoms. The molecular weight excluding hydrogens is 354 g/mol. The van der Waals surface area contributed by atoms with Gasteiger partial charge in [0.05, 0.1) is 12.2 Å². The molecule has 1 aromatic heterocycles. The Hall–Kier alpha value is -2.84. The number of rotatable bonds is 8. The van der Waals surface area contributed by atoms with E-state index in [1.165, 1.54) is 0 Å². The first-order valence-electron chi connectivity index (χ1n) is 8.79. The molecule has 1 rings (SSSR count). The summed E-state index contributed by atoms with van der Waals surface area (Å²) in [6.07, 6.45) is 0.722. The van der Waals surface area contributed by atoms with Gasteiger partial charge in [0.2, 0.25) is 0 Å². The van der Waals surface area contributed by atoms with Gasteiger partial charge in [-0.05, 0) is 40.2 Å². The lowest BCUT2D eigenvalue weighted by molar-refractivity contribution is -0.148. The zero-order valence-electron chi connectivity index (χ0n) is 16.4. The molecule has 0 saturated heterocycles.